The number of benzene rings is 4. The summed E-state index contributed by atoms with van der Waals surface area (Å²) in [6.45, 7) is 0.225. The van der Waals surface area contributed by atoms with Gasteiger partial charge in [0.2, 0.25) is 0 Å². The Morgan fingerprint density at radius 3 is 1.39 bits per heavy atom. The van der Waals surface area contributed by atoms with Crippen molar-refractivity contribution < 1.29 is 47.6 Å². The maximum absolute atomic E-state index is 13.1. The molecule has 2 heterocycles. The highest BCUT2D eigenvalue weighted by molar-refractivity contribution is 5.97. The number of hydrogen-bond acceptors (Lipinski definition) is 10. The van der Waals surface area contributed by atoms with Gasteiger partial charge >= 0.3 is 23.9 Å². The summed E-state index contributed by atoms with van der Waals surface area (Å²) in [5.41, 5.74) is 2.38. The highest BCUT2D eigenvalue weighted by Crippen LogP contribution is 2.32. The lowest BCUT2D eigenvalue weighted by Crippen LogP contribution is -2.36. The second-order valence-electron chi connectivity index (χ2n) is 10.8. The van der Waals surface area contributed by atoms with Crippen LogP contribution in [0, 0.1) is 0 Å². The highest BCUT2D eigenvalue weighted by atomic mass is 16.7. The number of carbonyl (C=O) groups excluding carboxylic acids is 4. The zero-order valence-corrected chi connectivity index (χ0v) is 25.0. The van der Waals surface area contributed by atoms with Gasteiger partial charge in [-0.25, -0.2) is 19.2 Å². The van der Waals surface area contributed by atoms with Crippen molar-refractivity contribution in [1.29, 1.82) is 0 Å². The molecule has 0 spiro atoms. The van der Waals surface area contributed by atoms with Gasteiger partial charge in [0, 0.05) is 12.2 Å². The third kappa shape index (κ3) is 6.68. The van der Waals surface area contributed by atoms with Gasteiger partial charge in [0.25, 0.3) is 0 Å². The van der Waals surface area contributed by atoms with E-state index in [1.807, 2.05) is 48.5 Å². The molecule has 0 aliphatic carbocycles. The second-order valence-corrected chi connectivity index (χ2v) is 10.8. The summed E-state index contributed by atoms with van der Waals surface area (Å²) in [5.74, 6) is -1.93. The fourth-order valence-corrected chi connectivity index (χ4v) is 5.50. The standard InChI is InChI=1S/C36H30O10/c1-41-31(37)13-5-21-3-7-25-17-27(11-9-23(25)15-21)35(39)45-29-19-43-34-30(20-44-33(29)34)46-36(40)28-12-10-24-16-22(4-8-26(24)18-28)6-14-32(38)42-2/h3-18,29-30,33-34H,19-20H2,1-2H3/b13-5+,14-6+/t29-,30+,33-,34-/m1/s1. The summed E-state index contributed by atoms with van der Waals surface area (Å²) < 4.78 is 32.6. The summed E-state index contributed by atoms with van der Waals surface area (Å²) in [7, 11) is 2.63. The van der Waals surface area contributed by atoms with Gasteiger partial charge in [0.1, 0.15) is 12.2 Å². The number of carbonyl (C=O) groups is 4. The van der Waals surface area contributed by atoms with Crippen LogP contribution in [0.5, 0.6) is 0 Å². The van der Waals surface area contributed by atoms with E-state index in [0.29, 0.717) is 11.1 Å². The summed E-state index contributed by atoms with van der Waals surface area (Å²) in [4.78, 5) is 48.9. The highest BCUT2D eigenvalue weighted by Gasteiger charge is 2.51. The van der Waals surface area contributed by atoms with Crippen molar-refractivity contribution in [1.82, 2.24) is 0 Å². The van der Waals surface area contributed by atoms with Crippen LogP contribution in [0.4, 0.5) is 0 Å². The molecule has 0 radical (unpaired) electrons. The molecular weight excluding hydrogens is 592 g/mol. The average molecular weight is 623 g/mol. The van der Waals surface area contributed by atoms with Gasteiger partial charge in [-0.05, 0) is 81.2 Å². The van der Waals surface area contributed by atoms with Gasteiger partial charge in [-0.3, -0.25) is 0 Å². The lowest BCUT2D eigenvalue weighted by Gasteiger charge is -2.17. The Bertz CT molecular complexity index is 1750. The second kappa shape index (κ2) is 13.4. The Morgan fingerprint density at radius 2 is 0.978 bits per heavy atom. The number of ether oxygens (including phenoxy) is 6. The van der Waals surface area contributed by atoms with Gasteiger partial charge in [0.05, 0.1) is 38.6 Å². The minimum atomic E-state index is -0.661. The van der Waals surface area contributed by atoms with Gasteiger partial charge < -0.3 is 28.4 Å². The first-order valence-corrected chi connectivity index (χ1v) is 14.6. The van der Waals surface area contributed by atoms with E-state index in [-0.39, 0.29) is 13.2 Å². The van der Waals surface area contributed by atoms with Gasteiger partial charge in [-0.2, -0.15) is 0 Å². The molecule has 0 bridgehead atoms. The van der Waals surface area contributed by atoms with E-state index in [0.717, 1.165) is 32.7 Å². The molecule has 0 amide bonds. The van der Waals surface area contributed by atoms with Crippen LogP contribution in [0.15, 0.2) is 84.9 Å². The van der Waals surface area contributed by atoms with Crippen molar-refractivity contribution in [2.75, 3.05) is 27.4 Å². The first-order chi connectivity index (χ1) is 22.3. The Hall–Kier alpha value is -5.32. The molecule has 234 valence electrons. The quantitative estimate of drug-likeness (QED) is 0.152. The molecule has 0 unspecified atom stereocenters. The summed E-state index contributed by atoms with van der Waals surface area (Å²) in [6, 6.07) is 21.6. The average Bonchev–Trinajstić information content (AvgIpc) is 3.67. The number of rotatable bonds is 8. The lowest BCUT2D eigenvalue weighted by molar-refractivity contribution is -0.135. The molecule has 4 atom stereocenters. The Balaban J connectivity index is 1.06. The monoisotopic (exact) mass is 622 g/mol. The zero-order valence-electron chi connectivity index (χ0n) is 25.0. The predicted octanol–water partition coefficient (Wildman–Crippen LogP) is 4.91. The van der Waals surface area contributed by atoms with Gasteiger partial charge in [-0.1, -0.05) is 36.4 Å². The number of esters is 4. The molecule has 4 aromatic carbocycles. The van der Waals surface area contributed by atoms with Crippen LogP contribution >= 0.6 is 0 Å². The molecule has 46 heavy (non-hydrogen) atoms. The molecule has 10 nitrogen and oxygen atoms in total. The van der Waals surface area contributed by atoms with E-state index >= 15 is 0 Å². The minimum absolute atomic E-state index is 0.112. The number of fused-ring (bicyclic) bond motifs is 3. The van der Waals surface area contributed by atoms with Crippen LogP contribution in [0.2, 0.25) is 0 Å². The molecular formula is C36H30O10. The van der Waals surface area contributed by atoms with Gasteiger partial charge in [-0.15, -0.1) is 0 Å². The Labute approximate surface area is 264 Å². The van der Waals surface area contributed by atoms with E-state index < -0.39 is 48.3 Å². The van der Waals surface area contributed by atoms with Crippen LogP contribution < -0.4 is 0 Å². The van der Waals surface area contributed by atoms with Crippen molar-refractivity contribution in [3.63, 3.8) is 0 Å². The van der Waals surface area contributed by atoms with Crippen LogP contribution in [0.3, 0.4) is 0 Å². The summed E-state index contributed by atoms with van der Waals surface area (Å²) in [5, 5.41) is 3.44. The fourth-order valence-electron chi connectivity index (χ4n) is 5.50. The van der Waals surface area contributed by atoms with Crippen molar-refractivity contribution in [3.8, 4) is 0 Å². The summed E-state index contributed by atoms with van der Waals surface area (Å²) >= 11 is 0. The molecule has 2 saturated heterocycles. The maximum Gasteiger partial charge on any atom is 0.338 e. The Kier molecular flexibility index (Phi) is 8.91. The first-order valence-electron chi connectivity index (χ1n) is 14.6. The molecule has 2 aliphatic heterocycles. The van der Waals surface area contributed by atoms with E-state index in [1.165, 1.54) is 26.4 Å². The molecule has 6 rings (SSSR count). The smallest absolute Gasteiger partial charge is 0.338 e. The number of hydrogen-bond donors (Lipinski definition) is 0. The summed E-state index contributed by atoms with van der Waals surface area (Å²) in [6.07, 6.45) is 3.53. The molecule has 0 N–H and O–H groups in total. The molecule has 10 heteroatoms. The molecule has 4 aromatic rings. The molecule has 2 aliphatic rings. The van der Waals surface area contributed by atoms with Crippen LogP contribution in [0.25, 0.3) is 33.7 Å². The van der Waals surface area contributed by atoms with E-state index in [9.17, 15) is 19.2 Å². The normalized spacial score (nSPS) is 20.7. The van der Waals surface area contributed by atoms with Crippen LogP contribution in [-0.4, -0.2) is 75.7 Å². The predicted molar refractivity (Wildman–Crippen MR) is 168 cm³/mol. The zero-order chi connectivity index (χ0) is 32.2. The van der Waals surface area contributed by atoms with Crippen molar-refractivity contribution in [2.45, 2.75) is 24.4 Å². The third-order valence-electron chi connectivity index (χ3n) is 7.91. The first kappa shape index (κ1) is 30.7. The third-order valence-corrected chi connectivity index (χ3v) is 7.91. The van der Waals surface area contributed by atoms with Crippen LogP contribution in [0.1, 0.15) is 31.8 Å². The topological polar surface area (TPSA) is 124 Å². The van der Waals surface area contributed by atoms with E-state index in [4.69, 9.17) is 18.9 Å². The van der Waals surface area contributed by atoms with Gasteiger partial charge in [0.15, 0.2) is 12.2 Å². The molecule has 0 aromatic heterocycles. The fraction of sp³-hybridized carbons (Fsp3) is 0.222. The minimum Gasteiger partial charge on any atom is -0.466 e. The van der Waals surface area contributed by atoms with Crippen molar-refractivity contribution in [3.05, 3.63) is 107 Å². The van der Waals surface area contributed by atoms with Crippen molar-refractivity contribution >= 4 is 57.6 Å². The van der Waals surface area contributed by atoms with Crippen molar-refractivity contribution in [2.24, 2.45) is 0 Å². The van der Waals surface area contributed by atoms with E-state index in [1.54, 1.807) is 36.4 Å². The lowest BCUT2D eigenvalue weighted by atomic mass is 10.0. The largest absolute Gasteiger partial charge is 0.466 e. The number of methoxy groups -OCH3 is 2. The molecule has 0 saturated carbocycles. The maximum atomic E-state index is 13.1. The van der Waals surface area contributed by atoms with E-state index in [2.05, 4.69) is 9.47 Å². The SMILES string of the molecule is COC(=O)/C=C/c1ccc2cc(C(=O)O[C@H]3CO[C@H]4[C@@H]3OC[C@H]4OC(=O)c3ccc4cc(/C=C/C(=O)OC)ccc4c3)ccc2c1. The Morgan fingerprint density at radius 1 is 0.587 bits per heavy atom. The van der Waals surface area contributed by atoms with Crippen LogP contribution in [-0.2, 0) is 38.0 Å². The molecule has 2 fully saturated rings.